The maximum absolute atomic E-state index is 10.5. The Morgan fingerprint density at radius 2 is 0.848 bits per heavy atom. The Hall–Kier alpha value is -4.04. The number of hydrogen-bond acceptors (Lipinski definition) is 7. The Balaban J connectivity index is 1.06. The lowest BCUT2D eigenvalue weighted by molar-refractivity contribution is -0.0778. The topological polar surface area (TPSA) is 82.2 Å². The lowest BCUT2D eigenvalue weighted by Crippen LogP contribution is -2.35. The molecule has 0 amide bonds. The average molecular weight is 625 g/mol. The van der Waals surface area contributed by atoms with Crippen LogP contribution in [-0.2, 0) is 20.3 Å². The highest BCUT2D eigenvalue weighted by Gasteiger charge is 2.27. The van der Waals surface area contributed by atoms with Crippen molar-refractivity contribution in [3.8, 4) is 23.0 Å². The van der Waals surface area contributed by atoms with Crippen LogP contribution < -0.4 is 18.9 Å². The first-order valence-electron chi connectivity index (χ1n) is 16.0. The molecular formula is C39H44O7. The van der Waals surface area contributed by atoms with Gasteiger partial charge in [0.1, 0.15) is 54.5 Å². The molecule has 6 rings (SSSR count). The van der Waals surface area contributed by atoms with Crippen LogP contribution in [0.5, 0.6) is 23.0 Å². The number of aliphatic hydroxyl groups excluding tert-OH is 1. The van der Waals surface area contributed by atoms with Gasteiger partial charge in [0, 0.05) is 10.8 Å². The highest BCUT2D eigenvalue weighted by atomic mass is 16.7. The third-order valence-corrected chi connectivity index (χ3v) is 8.88. The highest BCUT2D eigenvalue weighted by Crippen LogP contribution is 2.35. The fraction of sp³-hybridized carbons (Fsp3) is 0.385. The van der Waals surface area contributed by atoms with E-state index in [2.05, 4.69) is 76.2 Å². The zero-order chi connectivity index (χ0) is 32.3. The molecule has 1 N–H and O–H groups in total. The summed E-state index contributed by atoms with van der Waals surface area (Å²) < 4.78 is 34.3. The second kappa shape index (κ2) is 13.4. The van der Waals surface area contributed by atoms with Gasteiger partial charge in [0.25, 0.3) is 6.29 Å². The molecule has 46 heavy (non-hydrogen) atoms. The second-order valence-corrected chi connectivity index (χ2v) is 13.2. The summed E-state index contributed by atoms with van der Waals surface area (Å²) in [5.74, 6) is 2.92. The summed E-state index contributed by atoms with van der Waals surface area (Å²) in [5, 5.41) is 10.5. The van der Waals surface area contributed by atoms with E-state index in [1.54, 1.807) is 6.92 Å². The predicted octanol–water partition coefficient (Wildman–Crippen LogP) is 7.06. The quantitative estimate of drug-likeness (QED) is 0.112. The van der Waals surface area contributed by atoms with Gasteiger partial charge in [0.2, 0.25) is 0 Å². The molecule has 4 aromatic rings. The van der Waals surface area contributed by atoms with Gasteiger partial charge in [-0.2, -0.15) is 0 Å². The molecule has 2 saturated heterocycles. The first-order chi connectivity index (χ1) is 22.1. The van der Waals surface area contributed by atoms with Crippen LogP contribution in [-0.4, -0.2) is 56.1 Å². The molecule has 0 radical (unpaired) electrons. The molecule has 7 nitrogen and oxygen atoms in total. The summed E-state index contributed by atoms with van der Waals surface area (Å²) in [6.07, 6.45) is -1.26. The van der Waals surface area contributed by atoms with E-state index in [0.29, 0.717) is 24.7 Å². The maximum atomic E-state index is 10.5. The summed E-state index contributed by atoms with van der Waals surface area (Å²) in [4.78, 5) is 0. The maximum Gasteiger partial charge on any atom is 0.266 e. The lowest BCUT2D eigenvalue weighted by Gasteiger charge is -2.28. The van der Waals surface area contributed by atoms with Gasteiger partial charge >= 0.3 is 0 Å². The molecule has 0 saturated carbocycles. The first kappa shape index (κ1) is 31.9. The number of epoxide rings is 2. The first-order valence-corrected chi connectivity index (χ1v) is 16.0. The molecule has 0 aromatic heterocycles. The van der Waals surface area contributed by atoms with E-state index >= 15 is 0 Å². The van der Waals surface area contributed by atoms with E-state index in [1.807, 2.05) is 48.5 Å². The minimum absolute atomic E-state index is 0.229. The van der Waals surface area contributed by atoms with Gasteiger partial charge in [-0.1, -0.05) is 76.2 Å². The standard InChI is InChI=1S/C39H44O7/c1-26(40)37(45-33-18-10-29(11-19-33)38(2,3)27-6-14-31(15-7-27)41-22-35-24-43-35)46-34-20-12-30(13-21-34)39(4,5)28-8-16-32(17-9-28)42-23-36-25-44-36/h6-21,26,35-37,40H,22-25H2,1-5H3. The lowest BCUT2D eigenvalue weighted by atomic mass is 9.78. The molecule has 4 aromatic carbocycles. The fourth-order valence-corrected chi connectivity index (χ4v) is 5.37. The second-order valence-electron chi connectivity index (χ2n) is 13.2. The molecule has 2 aliphatic heterocycles. The van der Waals surface area contributed by atoms with Crippen LogP contribution in [0.25, 0.3) is 0 Å². The molecule has 0 bridgehead atoms. The number of aliphatic hydroxyl groups is 1. The summed E-state index contributed by atoms with van der Waals surface area (Å²) in [7, 11) is 0. The Morgan fingerprint density at radius 1 is 0.565 bits per heavy atom. The Morgan fingerprint density at radius 3 is 1.11 bits per heavy atom. The molecule has 7 heteroatoms. The molecule has 2 heterocycles. The van der Waals surface area contributed by atoms with Gasteiger partial charge in [-0.15, -0.1) is 0 Å². The van der Waals surface area contributed by atoms with Gasteiger partial charge in [0.15, 0.2) is 0 Å². The SMILES string of the molecule is CC(O)C(Oc1ccc(C(C)(C)c2ccc(OCC3CO3)cc2)cc1)Oc1ccc(C(C)(C)c2ccc(OCC3CO3)cc2)cc1. The fourth-order valence-electron chi connectivity index (χ4n) is 5.37. The van der Waals surface area contributed by atoms with Crippen molar-refractivity contribution in [3.63, 3.8) is 0 Å². The Labute approximate surface area is 272 Å². The average Bonchev–Trinajstić information content (AvgIpc) is 4.00. The molecule has 0 aliphatic carbocycles. The molecular weight excluding hydrogens is 580 g/mol. The van der Waals surface area contributed by atoms with Crippen molar-refractivity contribution in [3.05, 3.63) is 119 Å². The van der Waals surface area contributed by atoms with Crippen molar-refractivity contribution < 1.29 is 33.5 Å². The van der Waals surface area contributed by atoms with Crippen LogP contribution in [0, 0.1) is 0 Å². The van der Waals surface area contributed by atoms with Crippen molar-refractivity contribution >= 4 is 0 Å². The Bertz CT molecular complexity index is 1430. The van der Waals surface area contributed by atoms with Crippen LogP contribution in [0.1, 0.15) is 56.9 Å². The third kappa shape index (κ3) is 7.84. The van der Waals surface area contributed by atoms with Gasteiger partial charge < -0.3 is 33.5 Å². The highest BCUT2D eigenvalue weighted by molar-refractivity contribution is 5.43. The van der Waals surface area contributed by atoms with Crippen molar-refractivity contribution in [2.75, 3.05) is 26.4 Å². The molecule has 3 unspecified atom stereocenters. The van der Waals surface area contributed by atoms with E-state index < -0.39 is 12.4 Å². The van der Waals surface area contributed by atoms with Gasteiger partial charge in [0.05, 0.1) is 13.2 Å². The number of ether oxygens (including phenoxy) is 6. The smallest absolute Gasteiger partial charge is 0.266 e. The van der Waals surface area contributed by atoms with Gasteiger partial charge in [-0.25, -0.2) is 0 Å². The molecule has 3 atom stereocenters. The molecule has 2 aliphatic rings. The van der Waals surface area contributed by atoms with Crippen LogP contribution in [0.3, 0.4) is 0 Å². The minimum atomic E-state index is -0.875. The normalized spacial score (nSPS) is 18.7. The van der Waals surface area contributed by atoms with Crippen molar-refractivity contribution in [2.45, 2.75) is 70.1 Å². The van der Waals surface area contributed by atoms with Gasteiger partial charge in [-0.05, 0) is 77.7 Å². The van der Waals surface area contributed by atoms with Gasteiger partial charge in [-0.3, -0.25) is 0 Å². The van der Waals surface area contributed by atoms with Crippen LogP contribution in [0.15, 0.2) is 97.1 Å². The summed E-state index contributed by atoms with van der Waals surface area (Å²) in [5.41, 5.74) is 4.18. The van der Waals surface area contributed by atoms with E-state index in [-0.39, 0.29) is 23.0 Å². The number of rotatable bonds is 15. The molecule has 2 fully saturated rings. The third-order valence-electron chi connectivity index (χ3n) is 8.88. The summed E-state index contributed by atoms with van der Waals surface area (Å²) in [6, 6.07) is 32.4. The summed E-state index contributed by atoms with van der Waals surface area (Å²) in [6.45, 7) is 13.2. The van der Waals surface area contributed by atoms with E-state index in [4.69, 9.17) is 28.4 Å². The van der Waals surface area contributed by atoms with Crippen LogP contribution in [0.4, 0.5) is 0 Å². The van der Waals surface area contributed by atoms with E-state index in [0.717, 1.165) is 35.8 Å². The van der Waals surface area contributed by atoms with Crippen molar-refractivity contribution in [1.29, 1.82) is 0 Å². The zero-order valence-electron chi connectivity index (χ0n) is 27.3. The molecule has 0 spiro atoms. The Kier molecular flexibility index (Phi) is 9.27. The minimum Gasteiger partial charge on any atom is -0.491 e. The van der Waals surface area contributed by atoms with Crippen LogP contribution >= 0.6 is 0 Å². The summed E-state index contributed by atoms with van der Waals surface area (Å²) >= 11 is 0. The van der Waals surface area contributed by atoms with Crippen LogP contribution in [0.2, 0.25) is 0 Å². The number of benzene rings is 4. The monoisotopic (exact) mass is 624 g/mol. The molecule has 242 valence electrons. The zero-order valence-corrected chi connectivity index (χ0v) is 27.3. The predicted molar refractivity (Wildman–Crippen MR) is 177 cm³/mol. The van der Waals surface area contributed by atoms with Crippen molar-refractivity contribution in [1.82, 2.24) is 0 Å². The van der Waals surface area contributed by atoms with E-state index in [9.17, 15) is 5.11 Å². The van der Waals surface area contributed by atoms with E-state index in [1.165, 1.54) is 11.1 Å². The largest absolute Gasteiger partial charge is 0.491 e. The van der Waals surface area contributed by atoms with Crippen molar-refractivity contribution in [2.24, 2.45) is 0 Å². The number of hydrogen-bond donors (Lipinski definition) is 1.